The highest BCUT2D eigenvalue weighted by Gasteiger charge is 1.84. The molecule has 2 amide bonds. The molecular weight excluding hydrogens is 252 g/mol. The lowest BCUT2D eigenvalue weighted by Crippen LogP contribution is -2.43. The van der Waals surface area contributed by atoms with Gasteiger partial charge in [0.1, 0.15) is 0 Å². The van der Waals surface area contributed by atoms with Crippen LogP contribution in [0, 0.1) is 0 Å². The van der Waals surface area contributed by atoms with E-state index in [0.717, 1.165) is 0 Å². The van der Waals surface area contributed by atoms with Gasteiger partial charge in [-0.1, -0.05) is 72.8 Å². The lowest BCUT2D eigenvalue weighted by molar-refractivity contribution is 0.241. The molecule has 0 saturated carbocycles. The fraction of sp³-hybridized carbons (Fsp3) is 0. The van der Waals surface area contributed by atoms with Gasteiger partial charge in [-0.3, -0.25) is 10.9 Å². The lowest BCUT2D eigenvalue weighted by Gasteiger charge is -1.92. The topological polar surface area (TPSA) is 93.2 Å². The molecule has 2 rings (SSSR count). The van der Waals surface area contributed by atoms with Crippen molar-refractivity contribution in [1.82, 2.24) is 10.9 Å². The Balaban J connectivity index is 0.000000286. The molecule has 5 nitrogen and oxygen atoms in total. The maximum Gasteiger partial charge on any atom is 0.343 e. The second-order valence-electron chi connectivity index (χ2n) is 3.77. The molecule has 0 aliphatic rings. The standard InChI is InChI=1S/C14H12.CH6N4O/c1-3-7-13(8-4-1)11-12-14-9-5-2-6-10-14;2-4-1(6)5-3/h1-12H;2-3H2,(H2,4,5,6). The van der Waals surface area contributed by atoms with E-state index in [1.165, 1.54) is 11.1 Å². The zero-order valence-corrected chi connectivity index (χ0v) is 11.0. The number of benzene rings is 2. The van der Waals surface area contributed by atoms with Crippen LogP contribution in [0.5, 0.6) is 0 Å². The minimum atomic E-state index is -0.602. The highest BCUT2D eigenvalue weighted by molar-refractivity contribution is 5.72. The van der Waals surface area contributed by atoms with E-state index in [2.05, 4.69) is 48.1 Å². The number of urea groups is 1. The summed E-state index contributed by atoms with van der Waals surface area (Å²) >= 11 is 0. The largest absolute Gasteiger partial charge is 0.343 e. The average Bonchev–Trinajstić information content (AvgIpc) is 2.54. The maximum atomic E-state index is 9.71. The van der Waals surface area contributed by atoms with Crippen molar-refractivity contribution in [2.24, 2.45) is 11.7 Å². The number of rotatable bonds is 2. The molecule has 0 aliphatic heterocycles. The van der Waals surface area contributed by atoms with Crippen molar-refractivity contribution in [1.29, 1.82) is 0 Å². The van der Waals surface area contributed by atoms with E-state index < -0.39 is 6.03 Å². The summed E-state index contributed by atoms with van der Waals surface area (Å²) in [5, 5.41) is 0. The predicted molar refractivity (Wildman–Crippen MR) is 81.9 cm³/mol. The third kappa shape index (κ3) is 6.34. The number of hydrogen-bond acceptors (Lipinski definition) is 3. The van der Waals surface area contributed by atoms with E-state index in [9.17, 15) is 4.79 Å². The maximum absolute atomic E-state index is 9.71. The Kier molecular flexibility index (Phi) is 7.19. The van der Waals surface area contributed by atoms with Crippen LogP contribution in [0.4, 0.5) is 4.79 Å². The number of carbonyl (C=O) groups is 1. The molecule has 0 atom stereocenters. The van der Waals surface area contributed by atoms with E-state index >= 15 is 0 Å². The van der Waals surface area contributed by atoms with Crippen molar-refractivity contribution in [3.63, 3.8) is 0 Å². The highest BCUT2D eigenvalue weighted by Crippen LogP contribution is 2.06. The van der Waals surface area contributed by atoms with E-state index in [-0.39, 0.29) is 0 Å². The third-order valence-electron chi connectivity index (χ3n) is 2.33. The van der Waals surface area contributed by atoms with Crippen LogP contribution in [0.3, 0.4) is 0 Å². The fourth-order valence-electron chi connectivity index (χ4n) is 1.36. The first-order chi connectivity index (χ1) is 9.76. The molecular formula is C15H18N4O. The molecule has 0 unspecified atom stereocenters. The molecule has 0 radical (unpaired) electrons. The highest BCUT2D eigenvalue weighted by atomic mass is 16.2. The van der Waals surface area contributed by atoms with Gasteiger partial charge in [-0.15, -0.1) is 0 Å². The van der Waals surface area contributed by atoms with Gasteiger partial charge in [-0.25, -0.2) is 16.5 Å². The van der Waals surface area contributed by atoms with Gasteiger partial charge in [0.15, 0.2) is 0 Å². The Labute approximate surface area is 118 Å². The van der Waals surface area contributed by atoms with Crippen molar-refractivity contribution in [3.05, 3.63) is 71.8 Å². The van der Waals surface area contributed by atoms with Crippen molar-refractivity contribution >= 4 is 18.2 Å². The normalized spacial score (nSPS) is 9.50. The SMILES string of the molecule is C(=Cc1ccccc1)c1ccccc1.NNC(=O)NN. The van der Waals surface area contributed by atoms with Gasteiger partial charge in [-0.2, -0.15) is 0 Å². The van der Waals surface area contributed by atoms with Gasteiger partial charge in [0.2, 0.25) is 0 Å². The molecule has 6 N–H and O–H groups in total. The van der Waals surface area contributed by atoms with Gasteiger partial charge >= 0.3 is 6.03 Å². The van der Waals surface area contributed by atoms with Crippen molar-refractivity contribution < 1.29 is 4.79 Å². The van der Waals surface area contributed by atoms with Gasteiger partial charge in [0.25, 0.3) is 0 Å². The average molecular weight is 270 g/mol. The predicted octanol–water partition coefficient (Wildman–Crippen LogP) is 1.89. The fourth-order valence-corrected chi connectivity index (χ4v) is 1.36. The molecule has 0 aromatic heterocycles. The monoisotopic (exact) mass is 270 g/mol. The summed E-state index contributed by atoms with van der Waals surface area (Å²) in [6.45, 7) is 0. The van der Waals surface area contributed by atoms with E-state index in [0.29, 0.717) is 0 Å². The zero-order chi connectivity index (χ0) is 14.6. The summed E-state index contributed by atoms with van der Waals surface area (Å²) in [7, 11) is 0. The molecule has 104 valence electrons. The van der Waals surface area contributed by atoms with Gasteiger partial charge in [0, 0.05) is 0 Å². The Morgan fingerprint density at radius 1 is 0.750 bits per heavy atom. The molecule has 0 heterocycles. The number of amides is 2. The third-order valence-corrected chi connectivity index (χ3v) is 2.33. The molecule has 0 saturated heterocycles. The van der Waals surface area contributed by atoms with E-state index in [1.807, 2.05) is 36.4 Å². The lowest BCUT2D eigenvalue weighted by atomic mass is 10.1. The number of nitrogens with one attached hydrogen (secondary N) is 2. The van der Waals surface area contributed by atoms with Crippen LogP contribution in [-0.4, -0.2) is 6.03 Å². The van der Waals surface area contributed by atoms with Crippen LogP contribution in [0.15, 0.2) is 60.7 Å². The molecule has 0 bridgehead atoms. The smallest absolute Gasteiger partial charge is 0.275 e. The Morgan fingerprint density at radius 3 is 1.35 bits per heavy atom. The molecule has 0 fully saturated rings. The van der Waals surface area contributed by atoms with Crippen LogP contribution in [0.25, 0.3) is 12.2 Å². The van der Waals surface area contributed by atoms with Crippen LogP contribution in [0.1, 0.15) is 11.1 Å². The number of nitrogens with two attached hydrogens (primary N) is 2. The number of carbonyl (C=O) groups excluding carboxylic acids is 1. The Hall–Kier alpha value is -2.63. The summed E-state index contributed by atoms with van der Waals surface area (Å²) < 4.78 is 0. The molecule has 0 spiro atoms. The first-order valence-electron chi connectivity index (χ1n) is 6.01. The summed E-state index contributed by atoms with van der Waals surface area (Å²) in [5.41, 5.74) is 5.94. The van der Waals surface area contributed by atoms with E-state index in [1.54, 1.807) is 10.9 Å². The van der Waals surface area contributed by atoms with Crippen LogP contribution in [-0.2, 0) is 0 Å². The first kappa shape index (κ1) is 15.4. The van der Waals surface area contributed by atoms with Gasteiger partial charge in [-0.05, 0) is 11.1 Å². The second kappa shape index (κ2) is 9.32. The molecule has 0 aliphatic carbocycles. The summed E-state index contributed by atoms with van der Waals surface area (Å²) in [6.07, 6.45) is 4.24. The summed E-state index contributed by atoms with van der Waals surface area (Å²) in [5.74, 6) is 9.08. The first-order valence-corrected chi connectivity index (χ1v) is 6.01. The number of hydrazine groups is 2. The summed E-state index contributed by atoms with van der Waals surface area (Å²) in [4.78, 5) is 9.71. The Bertz CT molecular complexity index is 479. The molecule has 2 aromatic rings. The molecule has 20 heavy (non-hydrogen) atoms. The zero-order valence-electron chi connectivity index (χ0n) is 11.0. The second-order valence-corrected chi connectivity index (χ2v) is 3.77. The quantitative estimate of drug-likeness (QED) is 0.290. The van der Waals surface area contributed by atoms with Crippen molar-refractivity contribution in [3.8, 4) is 0 Å². The van der Waals surface area contributed by atoms with E-state index in [4.69, 9.17) is 0 Å². The Morgan fingerprint density at radius 2 is 1.10 bits per heavy atom. The van der Waals surface area contributed by atoms with Gasteiger partial charge in [0.05, 0.1) is 0 Å². The minimum Gasteiger partial charge on any atom is -0.275 e. The molecule has 2 aromatic carbocycles. The number of hydrogen-bond donors (Lipinski definition) is 4. The summed E-state index contributed by atoms with van der Waals surface area (Å²) in [6, 6.07) is 20.0. The minimum absolute atomic E-state index is 0.602. The van der Waals surface area contributed by atoms with Crippen molar-refractivity contribution in [2.75, 3.05) is 0 Å². The van der Waals surface area contributed by atoms with Gasteiger partial charge < -0.3 is 0 Å². The van der Waals surface area contributed by atoms with Crippen molar-refractivity contribution in [2.45, 2.75) is 0 Å². The van der Waals surface area contributed by atoms with Crippen LogP contribution >= 0.6 is 0 Å². The van der Waals surface area contributed by atoms with Crippen LogP contribution < -0.4 is 22.5 Å². The van der Waals surface area contributed by atoms with Crippen LogP contribution in [0.2, 0.25) is 0 Å². The molecule has 5 heteroatoms.